The van der Waals surface area contributed by atoms with Crippen LogP contribution in [0.4, 0.5) is 0 Å². The molecule has 0 bridgehead atoms. The third-order valence-corrected chi connectivity index (χ3v) is 2.86. The van der Waals surface area contributed by atoms with Gasteiger partial charge in [-0.15, -0.1) is 0 Å². The normalized spacial score (nSPS) is 11.4. The minimum absolute atomic E-state index is 0.746. The molecule has 2 heteroatoms. The molecule has 0 N–H and O–H groups in total. The third-order valence-electron chi connectivity index (χ3n) is 2.39. The SMILES string of the molecule is Clc1cccc(/C=C/C=C/c2cccc(Cl)c2)c1. The lowest BCUT2D eigenvalue weighted by Gasteiger charge is -1.93. The molecule has 0 radical (unpaired) electrons. The molecule has 0 aliphatic rings. The summed E-state index contributed by atoms with van der Waals surface area (Å²) in [4.78, 5) is 0. The first-order valence-electron chi connectivity index (χ1n) is 5.60. The Balaban J connectivity index is 2.03. The second-order valence-corrected chi connectivity index (χ2v) is 4.70. The van der Waals surface area contributed by atoms with Gasteiger partial charge in [-0.3, -0.25) is 0 Å². The van der Waals surface area contributed by atoms with Gasteiger partial charge in [0.05, 0.1) is 0 Å². The van der Waals surface area contributed by atoms with Gasteiger partial charge in [0.25, 0.3) is 0 Å². The molecule has 0 unspecified atom stereocenters. The summed E-state index contributed by atoms with van der Waals surface area (Å²) in [5.74, 6) is 0. The fraction of sp³-hybridized carbons (Fsp3) is 0. The molecule has 2 rings (SSSR count). The van der Waals surface area contributed by atoms with E-state index in [0.29, 0.717) is 0 Å². The molecule has 0 fully saturated rings. The molecular weight excluding hydrogens is 263 g/mol. The van der Waals surface area contributed by atoms with E-state index in [1.807, 2.05) is 72.8 Å². The van der Waals surface area contributed by atoms with Crippen LogP contribution in [0.3, 0.4) is 0 Å². The minimum Gasteiger partial charge on any atom is -0.0843 e. The summed E-state index contributed by atoms with van der Waals surface area (Å²) in [5, 5.41) is 1.49. The van der Waals surface area contributed by atoms with Crippen molar-refractivity contribution in [1.82, 2.24) is 0 Å². The lowest BCUT2D eigenvalue weighted by molar-refractivity contribution is 1.65. The average Bonchev–Trinajstić information content (AvgIpc) is 2.35. The Kier molecular flexibility index (Phi) is 4.63. The van der Waals surface area contributed by atoms with Crippen LogP contribution in [0.25, 0.3) is 12.2 Å². The van der Waals surface area contributed by atoms with Gasteiger partial charge in [0.1, 0.15) is 0 Å². The lowest BCUT2D eigenvalue weighted by Crippen LogP contribution is -1.71. The predicted molar refractivity (Wildman–Crippen MR) is 81.0 cm³/mol. The number of hydrogen-bond acceptors (Lipinski definition) is 0. The maximum atomic E-state index is 5.90. The highest BCUT2D eigenvalue weighted by Gasteiger charge is 1.88. The Morgan fingerprint density at radius 3 is 1.50 bits per heavy atom. The van der Waals surface area contributed by atoms with Gasteiger partial charge in [-0.25, -0.2) is 0 Å². The van der Waals surface area contributed by atoms with Crippen LogP contribution < -0.4 is 0 Å². The summed E-state index contributed by atoms with van der Waals surface area (Å²) in [6.07, 6.45) is 7.97. The summed E-state index contributed by atoms with van der Waals surface area (Å²) in [6.45, 7) is 0. The van der Waals surface area contributed by atoms with Gasteiger partial charge >= 0.3 is 0 Å². The molecular formula is C16H12Cl2. The second kappa shape index (κ2) is 6.44. The van der Waals surface area contributed by atoms with E-state index in [0.717, 1.165) is 21.2 Å². The van der Waals surface area contributed by atoms with Crippen molar-refractivity contribution in [3.05, 3.63) is 81.9 Å². The highest BCUT2D eigenvalue weighted by molar-refractivity contribution is 6.31. The summed E-state index contributed by atoms with van der Waals surface area (Å²) >= 11 is 11.8. The quantitative estimate of drug-likeness (QED) is 0.628. The van der Waals surface area contributed by atoms with Crippen LogP contribution >= 0.6 is 23.2 Å². The van der Waals surface area contributed by atoms with E-state index in [-0.39, 0.29) is 0 Å². The van der Waals surface area contributed by atoms with E-state index in [1.54, 1.807) is 0 Å². The molecule has 0 aliphatic heterocycles. The van der Waals surface area contributed by atoms with Crippen molar-refractivity contribution < 1.29 is 0 Å². The summed E-state index contributed by atoms with van der Waals surface area (Å²) in [7, 11) is 0. The summed E-state index contributed by atoms with van der Waals surface area (Å²) in [5.41, 5.74) is 2.16. The van der Waals surface area contributed by atoms with Gasteiger partial charge in [0.15, 0.2) is 0 Å². The molecule has 0 heterocycles. The molecule has 0 spiro atoms. The van der Waals surface area contributed by atoms with Crippen LogP contribution in [0.2, 0.25) is 10.0 Å². The third kappa shape index (κ3) is 4.06. The Labute approximate surface area is 117 Å². The van der Waals surface area contributed by atoms with Crippen LogP contribution in [0.5, 0.6) is 0 Å². The number of halogens is 2. The van der Waals surface area contributed by atoms with E-state index in [2.05, 4.69) is 0 Å². The second-order valence-electron chi connectivity index (χ2n) is 3.83. The molecule has 0 aliphatic carbocycles. The number of benzene rings is 2. The van der Waals surface area contributed by atoms with Gasteiger partial charge in [0.2, 0.25) is 0 Å². The first-order chi connectivity index (χ1) is 8.74. The number of allylic oxidation sites excluding steroid dienone is 2. The molecule has 0 saturated heterocycles. The van der Waals surface area contributed by atoms with Crippen LogP contribution in [0.1, 0.15) is 11.1 Å². The van der Waals surface area contributed by atoms with Gasteiger partial charge in [-0.1, -0.05) is 71.8 Å². The molecule has 0 atom stereocenters. The molecule has 0 aromatic heterocycles. The molecule has 2 aromatic rings. The van der Waals surface area contributed by atoms with E-state index >= 15 is 0 Å². The minimum atomic E-state index is 0.746. The van der Waals surface area contributed by atoms with Crippen molar-refractivity contribution in [2.24, 2.45) is 0 Å². The largest absolute Gasteiger partial charge is 0.0843 e. The van der Waals surface area contributed by atoms with Gasteiger partial charge in [0, 0.05) is 10.0 Å². The molecule has 2 aromatic carbocycles. The van der Waals surface area contributed by atoms with E-state index < -0.39 is 0 Å². The van der Waals surface area contributed by atoms with Crippen LogP contribution in [0.15, 0.2) is 60.7 Å². The van der Waals surface area contributed by atoms with Crippen LogP contribution in [-0.4, -0.2) is 0 Å². The fourth-order valence-electron chi connectivity index (χ4n) is 1.55. The Morgan fingerprint density at radius 1 is 0.667 bits per heavy atom. The maximum Gasteiger partial charge on any atom is 0.0411 e. The average molecular weight is 275 g/mol. The Hall–Kier alpha value is -1.50. The van der Waals surface area contributed by atoms with Gasteiger partial charge in [-0.2, -0.15) is 0 Å². The highest BCUT2D eigenvalue weighted by atomic mass is 35.5. The van der Waals surface area contributed by atoms with Gasteiger partial charge < -0.3 is 0 Å². The zero-order chi connectivity index (χ0) is 12.8. The van der Waals surface area contributed by atoms with Crippen LogP contribution in [0, 0.1) is 0 Å². The van der Waals surface area contributed by atoms with E-state index in [9.17, 15) is 0 Å². The molecule has 18 heavy (non-hydrogen) atoms. The summed E-state index contributed by atoms with van der Waals surface area (Å²) < 4.78 is 0. The smallest absolute Gasteiger partial charge is 0.0411 e. The maximum absolute atomic E-state index is 5.90. The number of hydrogen-bond donors (Lipinski definition) is 0. The first-order valence-corrected chi connectivity index (χ1v) is 6.35. The Morgan fingerprint density at radius 2 is 1.11 bits per heavy atom. The topological polar surface area (TPSA) is 0 Å². The van der Waals surface area contributed by atoms with Crippen molar-refractivity contribution in [1.29, 1.82) is 0 Å². The van der Waals surface area contributed by atoms with Crippen LogP contribution in [-0.2, 0) is 0 Å². The fourth-order valence-corrected chi connectivity index (χ4v) is 1.95. The molecule has 0 amide bonds. The standard InChI is InChI=1S/C16H12Cl2/c17-15-9-3-7-13(11-15)5-1-2-6-14-8-4-10-16(18)12-14/h1-12H/b5-1+,6-2+. The van der Waals surface area contributed by atoms with Crippen molar-refractivity contribution >= 4 is 35.4 Å². The van der Waals surface area contributed by atoms with Crippen molar-refractivity contribution in [3.63, 3.8) is 0 Å². The molecule has 0 nitrogen and oxygen atoms in total. The lowest BCUT2D eigenvalue weighted by atomic mass is 10.2. The first kappa shape index (κ1) is 12.9. The van der Waals surface area contributed by atoms with E-state index in [4.69, 9.17) is 23.2 Å². The number of rotatable bonds is 3. The van der Waals surface area contributed by atoms with E-state index in [1.165, 1.54) is 0 Å². The summed E-state index contributed by atoms with van der Waals surface area (Å²) in [6, 6.07) is 15.5. The molecule has 0 saturated carbocycles. The van der Waals surface area contributed by atoms with Crippen molar-refractivity contribution in [2.75, 3.05) is 0 Å². The Bertz CT molecular complexity index is 530. The van der Waals surface area contributed by atoms with Crippen molar-refractivity contribution in [2.45, 2.75) is 0 Å². The highest BCUT2D eigenvalue weighted by Crippen LogP contribution is 2.13. The van der Waals surface area contributed by atoms with Gasteiger partial charge in [-0.05, 0) is 35.4 Å². The zero-order valence-electron chi connectivity index (χ0n) is 9.68. The molecule has 90 valence electrons. The zero-order valence-corrected chi connectivity index (χ0v) is 11.2. The monoisotopic (exact) mass is 274 g/mol. The van der Waals surface area contributed by atoms with Crippen molar-refractivity contribution in [3.8, 4) is 0 Å². The predicted octanol–water partition coefficient (Wildman–Crippen LogP) is 5.72.